The van der Waals surface area contributed by atoms with E-state index in [9.17, 15) is 5.11 Å². The molecule has 0 amide bonds. The van der Waals surface area contributed by atoms with Crippen molar-refractivity contribution in [3.63, 3.8) is 0 Å². The van der Waals surface area contributed by atoms with Crippen LogP contribution in [0, 0.1) is 0 Å². The maximum atomic E-state index is 12.6. The molecule has 2 heterocycles. The molecule has 0 aliphatic carbocycles. The molecule has 0 aliphatic heterocycles. The van der Waals surface area contributed by atoms with Crippen molar-refractivity contribution in [1.29, 1.82) is 0 Å². The second-order valence-corrected chi connectivity index (χ2v) is 8.60. The van der Waals surface area contributed by atoms with E-state index >= 15 is 0 Å². The third-order valence-electron chi connectivity index (χ3n) is 6.42. The summed E-state index contributed by atoms with van der Waals surface area (Å²) < 4.78 is 0. The topological polar surface area (TPSA) is 81.6 Å². The van der Waals surface area contributed by atoms with Crippen LogP contribution in [0.25, 0.3) is 22.1 Å². The molecule has 6 aromatic rings. The van der Waals surface area contributed by atoms with E-state index in [0.717, 1.165) is 33.2 Å². The fourth-order valence-electron chi connectivity index (χ4n) is 4.69. The number of hydrogen-bond donors (Lipinski definition) is 1. The van der Waals surface area contributed by atoms with E-state index in [-0.39, 0.29) is 0 Å². The Bertz CT molecular complexity index is 1470. The van der Waals surface area contributed by atoms with Gasteiger partial charge in [-0.1, -0.05) is 84.9 Å². The van der Waals surface area contributed by atoms with E-state index in [0.29, 0.717) is 13.0 Å². The molecule has 0 fully saturated rings. The van der Waals surface area contributed by atoms with Gasteiger partial charge in [0.15, 0.2) is 0 Å². The summed E-state index contributed by atoms with van der Waals surface area (Å²) in [5, 5.41) is 31.4. The molecule has 0 saturated carbocycles. The summed E-state index contributed by atoms with van der Waals surface area (Å²) in [7, 11) is 0. The minimum absolute atomic E-state index is 0.485. The van der Waals surface area contributed by atoms with Gasteiger partial charge in [-0.3, -0.25) is 0 Å². The summed E-state index contributed by atoms with van der Waals surface area (Å²) >= 11 is 0. The fourth-order valence-corrected chi connectivity index (χ4v) is 4.69. The molecular weight excluding hydrogens is 436 g/mol. The van der Waals surface area contributed by atoms with Gasteiger partial charge in [-0.25, -0.2) is 0 Å². The highest BCUT2D eigenvalue weighted by atomic mass is 16.3. The number of nitrogens with zero attached hydrogens (tertiary/aromatic N) is 6. The molecule has 2 aromatic heterocycles. The Morgan fingerprint density at radius 2 is 0.971 bits per heavy atom. The summed E-state index contributed by atoms with van der Waals surface area (Å²) in [4.78, 5) is 3.35. The molecule has 1 N–H and O–H groups in total. The van der Waals surface area contributed by atoms with Crippen LogP contribution >= 0.6 is 0 Å². The minimum atomic E-state index is -1.38. The van der Waals surface area contributed by atoms with Crippen molar-refractivity contribution in [2.45, 2.75) is 24.6 Å². The Morgan fingerprint density at radius 1 is 0.571 bits per heavy atom. The first-order chi connectivity index (χ1) is 17.2. The third-order valence-corrected chi connectivity index (χ3v) is 6.42. The molecule has 4 aromatic carbocycles. The van der Waals surface area contributed by atoms with E-state index in [1.54, 1.807) is 9.59 Å². The molecule has 172 valence electrons. The highest BCUT2D eigenvalue weighted by Gasteiger charge is 2.42. The van der Waals surface area contributed by atoms with Crippen molar-refractivity contribution < 1.29 is 5.11 Å². The van der Waals surface area contributed by atoms with Gasteiger partial charge in [-0.05, 0) is 41.8 Å². The van der Waals surface area contributed by atoms with Crippen LogP contribution in [-0.2, 0) is 12.1 Å². The van der Waals surface area contributed by atoms with Crippen molar-refractivity contribution in [3.05, 3.63) is 120 Å². The predicted octanol–water partition coefficient (Wildman–Crippen LogP) is 4.74. The second-order valence-electron chi connectivity index (χ2n) is 8.60. The van der Waals surface area contributed by atoms with Crippen LogP contribution in [0.2, 0.25) is 0 Å². The molecule has 0 saturated heterocycles. The first kappa shape index (κ1) is 21.2. The average Bonchev–Trinajstić information content (AvgIpc) is 3.53. The summed E-state index contributed by atoms with van der Waals surface area (Å²) in [6.07, 6.45) is 0.502. The van der Waals surface area contributed by atoms with Crippen LogP contribution in [0.1, 0.15) is 23.6 Å². The summed E-state index contributed by atoms with van der Waals surface area (Å²) in [6.45, 7) is 0.485. The molecular formula is C28H24N6O. The SMILES string of the molecule is OC(c1ccccc1)(c1ccccc1)C(CCn1nc2ccccc2n1)n1nc2ccccc2n1. The fraction of sp³-hybridized carbons (Fsp3) is 0.143. The standard InChI is InChI=1S/C28H24N6O/c35-28(21-11-3-1-4-12-21,22-13-5-2-6-14-22)27(34-31-25-17-9-10-18-26(25)32-34)19-20-33-29-23-15-7-8-16-24(23)30-33/h1-18,27,35H,19-20H2. The van der Waals surface area contributed by atoms with E-state index < -0.39 is 11.6 Å². The molecule has 6 rings (SSSR count). The van der Waals surface area contributed by atoms with Gasteiger partial charge in [-0.2, -0.15) is 30.0 Å². The zero-order valence-corrected chi connectivity index (χ0v) is 19.0. The van der Waals surface area contributed by atoms with Crippen LogP contribution in [0.3, 0.4) is 0 Å². The van der Waals surface area contributed by atoms with E-state index in [4.69, 9.17) is 10.2 Å². The maximum absolute atomic E-state index is 12.6. The average molecular weight is 461 g/mol. The first-order valence-electron chi connectivity index (χ1n) is 11.7. The molecule has 1 atom stereocenters. The Labute approximate surface area is 202 Å². The first-order valence-corrected chi connectivity index (χ1v) is 11.7. The lowest BCUT2D eigenvalue weighted by atomic mass is 9.79. The van der Waals surface area contributed by atoms with Gasteiger partial charge >= 0.3 is 0 Å². The lowest BCUT2D eigenvalue weighted by Crippen LogP contribution is -2.40. The van der Waals surface area contributed by atoms with E-state index in [1.165, 1.54) is 0 Å². The Morgan fingerprint density at radius 3 is 1.43 bits per heavy atom. The van der Waals surface area contributed by atoms with Crippen molar-refractivity contribution in [2.24, 2.45) is 0 Å². The molecule has 0 radical (unpaired) electrons. The molecule has 35 heavy (non-hydrogen) atoms. The smallest absolute Gasteiger partial charge is 0.139 e. The minimum Gasteiger partial charge on any atom is -0.378 e. The van der Waals surface area contributed by atoms with Crippen molar-refractivity contribution in [2.75, 3.05) is 0 Å². The Kier molecular flexibility index (Phi) is 5.31. The normalized spacial score (nSPS) is 12.8. The van der Waals surface area contributed by atoms with Crippen LogP contribution in [0.15, 0.2) is 109 Å². The molecule has 7 heteroatoms. The van der Waals surface area contributed by atoms with Crippen molar-refractivity contribution in [1.82, 2.24) is 30.0 Å². The van der Waals surface area contributed by atoms with Gasteiger partial charge in [0.25, 0.3) is 0 Å². The van der Waals surface area contributed by atoms with Gasteiger partial charge in [0.05, 0.1) is 6.54 Å². The predicted molar refractivity (Wildman–Crippen MR) is 135 cm³/mol. The van der Waals surface area contributed by atoms with Gasteiger partial charge in [0.1, 0.15) is 33.7 Å². The summed E-state index contributed by atoms with van der Waals surface area (Å²) in [6, 6.07) is 34.5. The zero-order valence-electron chi connectivity index (χ0n) is 19.0. The van der Waals surface area contributed by atoms with Crippen LogP contribution in [-0.4, -0.2) is 35.1 Å². The highest BCUT2D eigenvalue weighted by molar-refractivity contribution is 5.73. The van der Waals surface area contributed by atoms with E-state index in [2.05, 4.69) is 10.2 Å². The summed E-state index contributed by atoms with van der Waals surface area (Å²) in [5.41, 5.74) is 3.41. The third kappa shape index (κ3) is 3.86. The molecule has 7 nitrogen and oxygen atoms in total. The van der Waals surface area contributed by atoms with E-state index in [1.807, 2.05) is 109 Å². The Hall–Kier alpha value is -4.36. The number of benzene rings is 4. The molecule has 0 bridgehead atoms. The number of hydrogen-bond acceptors (Lipinski definition) is 5. The largest absolute Gasteiger partial charge is 0.378 e. The lowest BCUT2D eigenvalue weighted by Gasteiger charge is -2.36. The number of fused-ring (bicyclic) bond motifs is 2. The van der Waals surface area contributed by atoms with Gasteiger partial charge in [-0.15, -0.1) is 0 Å². The Balaban J connectivity index is 1.48. The zero-order chi connectivity index (χ0) is 23.7. The summed E-state index contributed by atoms with van der Waals surface area (Å²) in [5.74, 6) is 0. The van der Waals surface area contributed by atoms with Gasteiger partial charge in [0, 0.05) is 0 Å². The molecule has 0 aliphatic rings. The highest BCUT2D eigenvalue weighted by Crippen LogP contribution is 2.41. The number of aryl methyl sites for hydroxylation is 1. The molecule has 0 spiro atoms. The number of rotatable bonds is 7. The maximum Gasteiger partial charge on any atom is 0.139 e. The number of aliphatic hydroxyl groups is 1. The van der Waals surface area contributed by atoms with Gasteiger partial charge < -0.3 is 5.11 Å². The molecule has 1 unspecified atom stereocenters. The van der Waals surface area contributed by atoms with Crippen LogP contribution in [0.4, 0.5) is 0 Å². The quantitative estimate of drug-likeness (QED) is 0.372. The van der Waals surface area contributed by atoms with Gasteiger partial charge in [0.2, 0.25) is 0 Å². The van der Waals surface area contributed by atoms with Crippen molar-refractivity contribution in [3.8, 4) is 0 Å². The second kappa shape index (κ2) is 8.77. The monoisotopic (exact) mass is 460 g/mol. The van der Waals surface area contributed by atoms with Crippen LogP contribution < -0.4 is 0 Å². The van der Waals surface area contributed by atoms with Crippen LogP contribution in [0.5, 0.6) is 0 Å². The lowest BCUT2D eigenvalue weighted by molar-refractivity contribution is 0.00495. The number of aromatic nitrogens is 6. The van der Waals surface area contributed by atoms with Crippen molar-refractivity contribution >= 4 is 22.1 Å².